The minimum Gasteiger partial charge on any atom is -0.497 e. The first-order valence-electron chi connectivity index (χ1n) is 10.7. The van der Waals surface area contributed by atoms with E-state index in [4.69, 9.17) is 4.74 Å². The number of aromatic nitrogens is 3. The van der Waals surface area contributed by atoms with Crippen LogP contribution >= 0.6 is 0 Å². The molecule has 0 unspecified atom stereocenters. The van der Waals surface area contributed by atoms with Crippen LogP contribution in [0.15, 0.2) is 60.9 Å². The average Bonchev–Trinajstić information content (AvgIpc) is 3.33. The van der Waals surface area contributed by atoms with E-state index < -0.39 is 0 Å². The Morgan fingerprint density at radius 3 is 2.58 bits per heavy atom. The quantitative estimate of drug-likeness (QED) is 0.589. The van der Waals surface area contributed by atoms with Gasteiger partial charge in [0.15, 0.2) is 5.69 Å². The molecule has 1 fully saturated rings. The highest BCUT2D eigenvalue weighted by Gasteiger charge is 2.27. The van der Waals surface area contributed by atoms with Gasteiger partial charge in [0.2, 0.25) is 0 Å². The van der Waals surface area contributed by atoms with Gasteiger partial charge < -0.3 is 14.5 Å². The molecular formula is C24H29N5O2. The Morgan fingerprint density at radius 1 is 1.13 bits per heavy atom. The molecule has 31 heavy (non-hydrogen) atoms. The number of amides is 1. The molecule has 0 spiro atoms. The summed E-state index contributed by atoms with van der Waals surface area (Å²) in [6.45, 7) is 3.00. The van der Waals surface area contributed by atoms with Crippen molar-refractivity contribution in [2.75, 3.05) is 33.8 Å². The second-order valence-corrected chi connectivity index (χ2v) is 7.90. The number of carbonyl (C=O) groups excluding carboxylic acids is 1. The van der Waals surface area contributed by atoms with E-state index in [-0.39, 0.29) is 11.9 Å². The van der Waals surface area contributed by atoms with E-state index >= 15 is 0 Å². The Kier molecular flexibility index (Phi) is 6.62. The van der Waals surface area contributed by atoms with E-state index in [0.717, 1.165) is 56.0 Å². The van der Waals surface area contributed by atoms with Gasteiger partial charge in [-0.1, -0.05) is 6.07 Å². The fraction of sp³-hybridized carbons (Fsp3) is 0.375. The van der Waals surface area contributed by atoms with Crippen molar-refractivity contribution in [2.24, 2.45) is 0 Å². The second-order valence-electron chi connectivity index (χ2n) is 7.90. The van der Waals surface area contributed by atoms with E-state index in [1.807, 2.05) is 60.7 Å². The molecule has 0 radical (unpaired) electrons. The molecule has 1 aliphatic heterocycles. The van der Waals surface area contributed by atoms with Crippen molar-refractivity contribution in [3.63, 3.8) is 0 Å². The van der Waals surface area contributed by atoms with Crippen LogP contribution in [0.25, 0.3) is 5.69 Å². The first kappa shape index (κ1) is 21.1. The Bertz CT molecular complexity index is 979. The highest BCUT2D eigenvalue weighted by Crippen LogP contribution is 2.19. The number of hydrogen-bond donors (Lipinski definition) is 0. The molecule has 2 aromatic heterocycles. The molecule has 0 bridgehead atoms. The van der Waals surface area contributed by atoms with Crippen LogP contribution in [0, 0.1) is 0 Å². The van der Waals surface area contributed by atoms with Crippen molar-refractivity contribution in [2.45, 2.75) is 25.3 Å². The molecule has 7 nitrogen and oxygen atoms in total. The average molecular weight is 420 g/mol. The summed E-state index contributed by atoms with van der Waals surface area (Å²) in [6.07, 6.45) is 6.58. The van der Waals surface area contributed by atoms with Gasteiger partial charge in [0, 0.05) is 57.2 Å². The van der Waals surface area contributed by atoms with E-state index in [2.05, 4.69) is 21.0 Å². The van der Waals surface area contributed by atoms with E-state index in [9.17, 15) is 4.79 Å². The molecular weight excluding hydrogens is 390 g/mol. The monoisotopic (exact) mass is 419 g/mol. The van der Waals surface area contributed by atoms with Crippen molar-refractivity contribution < 1.29 is 9.53 Å². The molecule has 0 saturated carbocycles. The maximum absolute atomic E-state index is 13.0. The molecule has 1 saturated heterocycles. The summed E-state index contributed by atoms with van der Waals surface area (Å²) >= 11 is 0. The Balaban J connectivity index is 1.30. The lowest BCUT2D eigenvalue weighted by Gasteiger charge is -2.36. The van der Waals surface area contributed by atoms with Crippen LogP contribution in [-0.2, 0) is 6.42 Å². The normalized spacial score (nSPS) is 15.0. The van der Waals surface area contributed by atoms with Crippen LogP contribution in [0.1, 0.15) is 29.0 Å². The third-order valence-electron chi connectivity index (χ3n) is 5.98. The van der Waals surface area contributed by atoms with Gasteiger partial charge in [0.25, 0.3) is 5.91 Å². The lowest BCUT2D eigenvalue weighted by Crippen LogP contribution is -2.46. The van der Waals surface area contributed by atoms with Crippen LogP contribution < -0.4 is 4.74 Å². The number of methoxy groups -OCH3 is 1. The van der Waals surface area contributed by atoms with E-state index in [1.165, 1.54) is 0 Å². The Morgan fingerprint density at radius 2 is 1.90 bits per heavy atom. The predicted molar refractivity (Wildman–Crippen MR) is 120 cm³/mol. The summed E-state index contributed by atoms with van der Waals surface area (Å²) < 4.78 is 6.92. The number of nitrogens with zero attached hydrogens (tertiary/aromatic N) is 5. The molecule has 0 N–H and O–H groups in total. The first-order valence-corrected chi connectivity index (χ1v) is 10.7. The van der Waals surface area contributed by atoms with Gasteiger partial charge in [-0.2, -0.15) is 5.10 Å². The number of likely N-dealkylation sites (tertiary alicyclic amines) is 1. The lowest BCUT2D eigenvalue weighted by atomic mass is 10.0. The zero-order valence-electron chi connectivity index (χ0n) is 18.1. The van der Waals surface area contributed by atoms with Gasteiger partial charge >= 0.3 is 0 Å². The molecule has 7 heteroatoms. The summed E-state index contributed by atoms with van der Waals surface area (Å²) in [5.74, 6) is 0.762. The standard InChI is InChI=1S/C24H29N5O2/c1-27(20-11-16-28(17-12-20)15-10-19-5-3-4-14-25-19)24(30)23-13-18-29(26-23)21-6-8-22(31-2)9-7-21/h3-9,13-14,18,20H,10-12,15-17H2,1-2H3. The third-order valence-corrected chi connectivity index (χ3v) is 5.98. The van der Waals surface area contributed by atoms with Crippen molar-refractivity contribution in [3.05, 3.63) is 72.3 Å². The Hall–Kier alpha value is -3.19. The minimum atomic E-state index is -0.0285. The summed E-state index contributed by atoms with van der Waals surface area (Å²) in [7, 11) is 3.53. The molecule has 3 aromatic rings. The largest absolute Gasteiger partial charge is 0.497 e. The maximum Gasteiger partial charge on any atom is 0.274 e. The van der Waals surface area contributed by atoms with Crippen LogP contribution in [-0.4, -0.2) is 70.3 Å². The highest BCUT2D eigenvalue weighted by molar-refractivity contribution is 5.92. The number of hydrogen-bond acceptors (Lipinski definition) is 5. The maximum atomic E-state index is 13.0. The van der Waals surface area contributed by atoms with Gasteiger partial charge in [0.1, 0.15) is 5.75 Å². The molecule has 0 aliphatic carbocycles. The summed E-state index contributed by atoms with van der Waals surface area (Å²) in [5.41, 5.74) is 2.49. The number of piperidine rings is 1. The van der Waals surface area contributed by atoms with Crippen molar-refractivity contribution >= 4 is 5.91 Å². The summed E-state index contributed by atoms with van der Waals surface area (Å²) in [6, 6.07) is 15.7. The van der Waals surface area contributed by atoms with E-state index in [0.29, 0.717) is 5.69 Å². The van der Waals surface area contributed by atoms with Gasteiger partial charge in [-0.25, -0.2) is 4.68 Å². The highest BCUT2D eigenvalue weighted by atomic mass is 16.5. The first-order chi connectivity index (χ1) is 15.1. The number of carbonyl (C=O) groups is 1. The topological polar surface area (TPSA) is 63.5 Å². The van der Waals surface area contributed by atoms with Gasteiger partial charge in [-0.15, -0.1) is 0 Å². The molecule has 0 atom stereocenters. The minimum absolute atomic E-state index is 0.0285. The fourth-order valence-corrected chi connectivity index (χ4v) is 4.01. The number of pyridine rings is 1. The van der Waals surface area contributed by atoms with Crippen molar-refractivity contribution in [1.29, 1.82) is 0 Å². The Labute approximate surface area is 183 Å². The molecule has 1 aliphatic rings. The third kappa shape index (κ3) is 5.11. The van der Waals surface area contributed by atoms with Gasteiger partial charge in [-0.05, 0) is 55.3 Å². The number of rotatable bonds is 7. The molecule has 1 amide bonds. The lowest BCUT2D eigenvalue weighted by molar-refractivity contribution is 0.0637. The molecule has 1 aromatic carbocycles. The zero-order chi connectivity index (χ0) is 21.6. The van der Waals surface area contributed by atoms with Crippen molar-refractivity contribution in [1.82, 2.24) is 24.6 Å². The zero-order valence-corrected chi connectivity index (χ0v) is 18.1. The van der Waals surface area contributed by atoms with Crippen LogP contribution in [0.4, 0.5) is 0 Å². The van der Waals surface area contributed by atoms with Gasteiger partial charge in [0.05, 0.1) is 12.8 Å². The summed E-state index contributed by atoms with van der Waals surface area (Å²) in [4.78, 5) is 21.7. The number of ether oxygens (including phenoxy) is 1. The van der Waals surface area contributed by atoms with Crippen LogP contribution in [0.2, 0.25) is 0 Å². The number of benzene rings is 1. The van der Waals surface area contributed by atoms with E-state index in [1.54, 1.807) is 17.9 Å². The SMILES string of the molecule is COc1ccc(-n2ccc(C(=O)N(C)C3CCN(CCc4ccccn4)CC3)n2)cc1. The molecule has 3 heterocycles. The predicted octanol–water partition coefficient (Wildman–Crippen LogP) is 3.06. The second kappa shape index (κ2) is 9.75. The fourth-order valence-electron chi connectivity index (χ4n) is 4.01. The van der Waals surface area contributed by atoms with Gasteiger partial charge in [-0.3, -0.25) is 9.78 Å². The van der Waals surface area contributed by atoms with Crippen LogP contribution in [0.5, 0.6) is 5.75 Å². The molecule has 162 valence electrons. The molecule has 4 rings (SSSR count). The van der Waals surface area contributed by atoms with Crippen molar-refractivity contribution in [3.8, 4) is 11.4 Å². The summed E-state index contributed by atoms with van der Waals surface area (Å²) in [5, 5.41) is 4.50. The van der Waals surface area contributed by atoms with Crippen LogP contribution in [0.3, 0.4) is 0 Å². The smallest absolute Gasteiger partial charge is 0.274 e.